The molecule has 0 atom stereocenters. The molecule has 1 aromatic carbocycles. The third-order valence-corrected chi connectivity index (χ3v) is 2.71. The fourth-order valence-electron chi connectivity index (χ4n) is 1.06. The quantitative estimate of drug-likeness (QED) is 0.604. The lowest BCUT2D eigenvalue weighted by Crippen LogP contribution is -1.83. The summed E-state index contributed by atoms with van der Waals surface area (Å²) in [6, 6.07) is 3.80. The van der Waals surface area contributed by atoms with E-state index in [2.05, 4.69) is 36.9 Å². The molecule has 0 N–H and O–H groups in total. The monoisotopic (exact) mass is 303 g/mol. The second kappa shape index (κ2) is 4.70. The Morgan fingerprint density at radius 2 is 2.15 bits per heavy atom. The number of isocyanates is 1. The van der Waals surface area contributed by atoms with Gasteiger partial charge in [-0.1, -0.05) is 22.9 Å². The molecular formula is C9H7Br2NO. The molecule has 0 unspecified atom stereocenters. The number of hydrogen-bond acceptors (Lipinski definition) is 2. The second-order valence-corrected chi connectivity index (χ2v) is 4.22. The predicted octanol–water partition coefficient (Wildman–Crippen LogP) is 3.74. The largest absolute Gasteiger partial charge is 0.240 e. The Bertz CT molecular complexity index is 370. The van der Waals surface area contributed by atoms with E-state index in [4.69, 9.17) is 0 Å². The maximum absolute atomic E-state index is 10.2. The van der Waals surface area contributed by atoms with Crippen molar-refractivity contribution in [2.45, 2.75) is 13.3 Å². The molecular weight excluding hydrogens is 298 g/mol. The van der Waals surface area contributed by atoms with Crippen LogP contribution in [0, 0.1) is 0 Å². The van der Waals surface area contributed by atoms with Gasteiger partial charge in [0.2, 0.25) is 6.08 Å². The van der Waals surface area contributed by atoms with Gasteiger partial charge in [0, 0.05) is 8.95 Å². The van der Waals surface area contributed by atoms with Gasteiger partial charge in [-0.05, 0) is 40.0 Å². The Hall–Kier alpha value is -0.440. The average Bonchev–Trinajstić information content (AvgIpc) is 2.09. The van der Waals surface area contributed by atoms with Gasteiger partial charge in [-0.3, -0.25) is 0 Å². The van der Waals surface area contributed by atoms with Gasteiger partial charge < -0.3 is 0 Å². The smallest absolute Gasteiger partial charge is 0.211 e. The summed E-state index contributed by atoms with van der Waals surface area (Å²) < 4.78 is 1.78. The number of nitrogens with zero attached hydrogens (tertiary/aromatic N) is 1. The number of hydrogen-bond donors (Lipinski definition) is 0. The first kappa shape index (κ1) is 10.6. The van der Waals surface area contributed by atoms with Crippen LogP contribution < -0.4 is 0 Å². The van der Waals surface area contributed by atoms with Crippen LogP contribution in [0.5, 0.6) is 0 Å². The number of aryl methyl sites for hydroxylation is 1. The molecule has 1 rings (SSSR count). The number of aliphatic imine (C=N–C) groups is 1. The predicted molar refractivity (Wildman–Crippen MR) is 59.0 cm³/mol. The second-order valence-electron chi connectivity index (χ2n) is 2.45. The van der Waals surface area contributed by atoms with Crippen molar-refractivity contribution in [3.63, 3.8) is 0 Å². The highest BCUT2D eigenvalue weighted by Crippen LogP contribution is 2.32. The lowest BCUT2D eigenvalue weighted by atomic mass is 10.1. The summed E-state index contributed by atoms with van der Waals surface area (Å²) in [6.07, 6.45) is 2.38. The number of halogens is 2. The zero-order valence-corrected chi connectivity index (χ0v) is 10.1. The molecule has 2 nitrogen and oxygen atoms in total. The van der Waals surface area contributed by atoms with Crippen molar-refractivity contribution < 1.29 is 4.79 Å². The van der Waals surface area contributed by atoms with Gasteiger partial charge in [-0.15, -0.1) is 0 Å². The molecule has 0 amide bonds. The molecule has 0 aliphatic heterocycles. The van der Waals surface area contributed by atoms with Crippen LogP contribution in [0.25, 0.3) is 0 Å². The van der Waals surface area contributed by atoms with E-state index in [9.17, 15) is 4.79 Å². The Balaban J connectivity index is 3.37. The minimum Gasteiger partial charge on any atom is -0.211 e. The molecule has 0 spiro atoms. The minimum atomic E-state index is 0.667. The highest BCUT2D eigenvalue weighted by atomic mass is 79.9. The maximum atomic E-state index is 10.2. The van der Waals surface area contributed by atoms with E-state index in [0.29, 0.717) is 5.69 Å². The van der Waals surface area contributed by atoms with Crippen LogP contribution in [0.1, 0.15) is 12.5 Å². The van der Waals surface area contributed by atoms with Gasteiger partial charge in [0.25, 0.3) is 0 Å². The fraction of sp³-hybridized carbons (Fsp3) is 0.222. The van der Waals surface area contributed by atoms with Crippen LogP contribution in [0.15, 0.2) is 26.1 Å². The standard InChI is InChI=1S/C9H7Br2NO/c1-2-6-3-7(10)4-8(11)9(6)12-5-13/h3-4H,2H2,1H3. The molecule has 1 aromatic rings. The molecule has 0 bridgehead atoms. The van der Waals surface area contributed by atoms with E-state index >= 15 is 0 Å². The Morgan fingerprint density at radius 3 is 2.69 bits per heavy atom. The molecule has 0 aromatic heterocycles. The van der Waals surface area contributed by atoms with Crippen molar-refractivity contribution in [2.24, 2.45) is 4.99 Å². The summed E-state index contributed by atoms with van der Waals surface area (Å²) in [5.41, 5.74) is 1.69. The molecule has 4 heteroatoms. The Morgan fingerprint density at radius 1 is 1.46 bits per heavy atom. The molecule has 0 saturated heterocycles. The summed E-state index contributed by atoms with van der Waals surface area (Å²) in [7, 11) is 0. The van der Waals surface area contributed by atoms with Crippen molar-refractivity contribution >= 4 is 43.6 Å². The van der Waals surface area contributed by atoms with E-state index in [1.54, 1.807) is 6.08 Å². The zero-order valence-electron chi connectivity index (χ0n) is 6.97. The van der Waals surface area contributed by atoms with Crippen molar-refractivity contribution in [2.75, 3.05) is 0 Å². The summed E-state index contributed by atoms with van der Waals surface area (Å²) in [4.78, 5) is 13.8. The number of rotatable bonds is 2. The van der Waals surface area contributed by atoms with Gasteiger partial charge in [-0.2, -0.15) is 4.99 Å². The molecule has 0 saturated carbocycles. The summed E-state index contributed by atoms with van der Waals surface area (Å²) in [5, 5.41) is 0. The zero-order chi connectivity index (χ0) is 9.84. The molecule has 0 radical (unpaired) electrons. The number of benzene rings is 1. The van der Waals surface area contributed by atoms with Gasteiger partial charge >= 0.3 is 0 Å². The van der Waals surface area contributed by atoms with Crippen LogP contribution in [-0.4, -0.2) is 6.08 Å². The molecule has 13 heavy (non-hydrogen) atoms. The normalized spacial score (nSPS) is 9.46. The minimum absolute atomic E-state index is 0.667. The first-order valence-corrected chi connectivity index (χ1v) is 5.33. The third-order valence-electron chi connectivity index (χ3n) is 1.65. The van der Waals surface area contributed by atoms with Gasteiger partial charge in [0.1, 0.15) is 0 Å². The molecule has 68 valence electrons. The van der Waals surface area contributed by atoms with Crippen molar-refractivity contribution in [3.05, 3.63) is 26.6 Å². The first-order valence-electron chi connectivity index (χ1n) is 3.74. The molecule has 0 fully saturated rings. The van der Waals surface area contributed by atoms with E-state index in [1.165, 1.54) is 0 Å². The van der Waals surface area contributed by atoms with Crippen molar-refractivity contribution in [1.82, 2.24) is 0 Å². The van der Waals surface area contributed by atoms with Crippen molar-refractivity contribution in [3.8, 4) is 0 Å². The average molecular weight is 305 g/mol. The van der Waals surface area contributed by atoms with Gasteiger partial charge in [-0.25, -0.2) is 4.79 Å². The lowest BCUT2D eigenvalue weighted by Gasteiger charge is -2.04. The SMILES string of the molecule is CCc1cc(Br)cc(Br)c1N=C=O. The summed E-state index contributed by atoms with van der Waals surface area (Å²) in [5.74, 6) is 0. The third kappa shape index (κ3) is 2.50. The van der Waals surface area contributed by atoms with E-state index in [0.717, 1.165) is 20.9 Å². The van der Waals surface area contributed by atoms with Gasteiger partial charge in [0.05, 0.1) is 5.69 Å². The van der Waals surface area contributed by atoms with Gasteiger partial charge in [0.15, 0.2) is 0 Å². The van der Waals surface area contributed by atoms with Crippen molar-refractivity contribution in [1.29, 1.82) is 0 Å². The summed E-state index contributed by atoms with van der Waals surface area (Å²) >= 11 is 6.71. The van der Waals surface area contributed by atoms with Crippen LogP contribution in [0.4, 0.5) is 5.69 Å². The van der Waals surface area contributed by atoms with E-state index in [-0.39, 0.29) is 0 Å². The van der Waals surface area contributed by atoms with E-state index < -0.39 is 0 Å². The fourth-order valence-corrected chi connectivity index (χ4v) is 2.46. The van der Waals surface area contributed by atoms with Crippen LogP contribution in [0.2, 0.25) is 0 Å². The summed E-state index contributed by atoms with van der Waals surface area (Å²) in [6.45, 7) is 2.01. The van der Waals surface area contributed by atoms with Crippen LogP contribution in [-0.2, 0) is 11.2 Å². The van der Waals surface area contributed by atoms with Crippen LogP contribution >= 0.6 is 31.9 Å². The van der Waals surface area contributed by atoms with Crippen LogP contribution in [0.3, 0.4) is 0 Å². The lowest BCUT2D eigenvalue weighted by molar-refractivity contribution is 0.565. The Labute approximate surface area is 93.3 Å². The highest BCUT2D eigenvalue weighted by Gasteiger charge is 2.05. The maximum Gasteiger partial charge on any atom is 0.240 e. The number of carbonyl (C=O) groups excluding carboxylic acids is 1. The Kier molecular flexibility index (Phi) is 3.85. The highest BCUT2D eigenvalue weighted by molar-refractivity contribution is 9.11. The first-order chi connectivity index (χ1) is 6.19. The molecule has 0 aliphatic carbocycles. The van der Waals surface area contributed by atoms with E-state index in [1.807, 2.05) is 19.1 Å². The molecule has 0 heterocycles. The molecule has 0 aliphatic rings. The topological polar surface area (TPSA) is 29.4 Å².